The van der Waals surface area contributed by atoms with Crippen LogP contribution in [0.3, 0.4) is 0 Å². The van der Waals surface area contributed by atoms with Gasteiger partial charge in [0, 0.05) is 6.04 Å². The lowest BCUT2D eigenvalue weighted by Crippen LogP contribution is -2.27. The fraction of sp³-hybridized carbons (Fsp3) is 0.200. The minimum absolute atomic E-state index is 0.225. The van der Waals surface area contributed by atoms with Crippen molar-refractivity contribution < 1.29 is 13.2 Å². The number of fused-ring (bicyclic) bond motifs is 1. The Bertz CT molecular complexity index is 960. The van der Waals surface area contributed by atoms with Crippen LogP contribution in [-0.4, -0.2) is 15.0 Å². The molecule has 1 N–H and O–H groups in total. The van der Waals surface area contributed by atoms with Crippen LogP contribution in [0.1, 0.15) is 25.5 Å². The van der Waals surface area contributed by atoms with Crippen molar-refractivity contribution in [3.63, 3.8) is 0 Å². The van der Waals surface area contributed by atoms with E-state index in [4.69, 9.17) is 4.74 Å². The molecule has 0 aliphatic carbocycles. The lowest BCUT2D eigenvalue weighted by atomic mass is 10.0. The van der Waals surface area contributed by atoms with E-state index in [0.29, 0.717) is 12.4 Å². The third-order valence-corrected chi connectivity index (χ3v) is 5.62. The molecule has 1 atom stereocenters. The summed E-state index contributed by atoms with van der Waals surface area (Å²) >= 11 is 0. The lowest BCUT2D eigenvalue weighted by Gasteiger charge is -2.17. The number of sulfonamides is 1. The molecule has 0 saturated carbocycles. The molecule has 0 bridgehead atoms. The third-order valence-electron chi connectivity index (χ3n) is 4.07. The van der Waals surface area contributed by atoms with Gasteiger partial charge in [0.2, 0.25) is 10.0 Å². The Balaban J connectivity index is 1.87. The maximum absolute atomic E-state index is 12.7. The summed E-state index contributed by atoms with van der Waals surface area (Å²) in [7, 11) is -3.61. The lowest BCUT2D eigenvalue weighted by molar-refractivity contribution is 0.340. The predicted molar refractivity (Wildman–Crippen MR) is 100 cm³/mol. The minimum Gasteiger partial charge on any atom is -0.494 e. The molecule has 0 aliphatic rings. The Labute approximate surface area is 148 Å². The van der Waals surface area contributed by atoms with Crippen LogP contribution in [-0.2, 0) is 10.0 Å². The van der Waals surface area contributed by atoms with Crippen LogP contribution in [0.25, 0.3) is 10.8 Å². The van der Waals surface area contributed by atoms with Gasteiger partial charge in [-0.15, -0.1) is 0 Å². The van der Waals surface area contributed by atoms with Crippen LogP contribution in [0.2, 0.25) is 0 Å². The first-order chi connectivity index (χ1) is 12.0. The number of ether oxygens (including phenoxy) is 1. The van der Waals surface area contributed by atoms with Crippen LogP contribution in [0.15, 0.2) is 71.6 Å². The van der Waals surface area contributed by atoms with Gasteiger partial charge in [0.1, 0.15) is 5.75 Å². The fourth-order valence-electron chi connectivity index (χ4n) is 2.87. The first-order valence-corrected chi connectivity index (χ1v) is 9.72. The molecule has 0 heterocycles. The van der Waals surface area contributed by atoms with Crippen molar-refractivity contribution in [3.05, 3.63) is 72.3 Å². The van der Waals surface area contributed by atoms with Gasteiger partial charge in [-0.05, 0) is 54.4 Å². The van der Waals surface area contributed by atoms with Crippen molar-refractivity contribution in [2.24, 2.45) is 0 Å². The van der Waals surface area contributed by atoms with E-state index in [1.54, 1.807) is 24.3 Å². The zero-order valence-electron chi connectivity index (χ0n) is 14.3. The largest absolute Gasteiger partial charge is 0.494 e. The second-order valence-electron chi connectivity index (χ2n) is 5.82. The number of hydrogen-bond acceptors (Lipinski definition) is 3. The van der Waals surface area contributed by atoms with E-state index in [-0.39, 0.29) is 10.9 Å². The van der Waals surface area contributed by atoms with Crippen LogP contribution in [0.4, 0.5) is 0 Å². The van der Waals surface area contributed by atoms with Gasteiger partial charge in [0.25, 0.3) is 0 Å². The van der Waals surface area contributed by atoms with E-state index >= 15 is 0 Å². The van der Waals surface area contributed by atoms with Gasteiger partial charge >= 0.3 is 0 Å². The number of hydrogen-bond donors (Lipinski definition) is 1. The van der Waals surface area contributed by atoms with Crippen LogP contribution in [0, 0.1) is 0 Å². The topological polar surface area (TPSA) is 55.4 Å². The highest BCUT2D eigenvalue weighted by molar-refractivity contribution is 7.89. The SMILES string of the molecule is CCOc1ccc(S(=O)(=O)N[C@H](C)c2cccc3ccccc23)cc1. The molecule has 0 fully saturated rings. The van der Waals surface area contributed by atoms with Gasteiger partial charge < -0.3 is 4.74 Å². The molecule has 5 heteroatoms. The minimum atomic E-state index is -3.61. The summed E-state index contributed by atoms with van der Waals surface area (Å²) in [6.45, 7) is 4.29. The molecule has 0 saturated heterocycles. The summed E-state index contributed by atoms with van der Waals surface area (Å²) < 4.78 is 33.5. The second-order valence-corrected chi connectivity index (χ2v) is 7.53. The number of benzene rings is 3. The highest BCUT2D eigenvalue weighted by atomic mass is 32.2. The maximum atomic E-state index is 12.7. The summed E-state index contributed by atoms with van der Waals surface area (Å²) in [4.78, 5) is 0.225. The molecular weight excluding hydrogens is 334 g/mol. The molecule has 25 heavy (non-hydrogen) atoms. The van der Waals surface area contributed by atoms with Crippen molar-refractivity contribution in [2.75, 3.05) is 6.61 Å². The average Bonchev–Trinajstić information content (AvgIpc) is 2.61. The molecule has 0 aromatic heterocycles. The summed E-state index contributed by atoms with van der Waals surface area (Å²) in [6, 6.07) is 20.0. The summed E-state index contributed by atoms with van der Waals surface area (Å²) in [5, 5.41) is 2.14. The number of nitrogens with one attached hydrogen (secondary N) is 1. The quantitative estimate of drug-likeness (QED) is 0.718. The van der Waals surface area contributed by atoms with Crippen molar-refractivity contribution in [2.45, 2.75) is 24.8 Å². The predicted octanol–water partition coefficient (Wildman–Crippen LogP) is 4.28. The summed E-state index contributed by atoms with van der Waals surface area (Å²) in [5.41, 5.74) is 0.951. The molecular formula is C20H21NO3S. The van der Waals surface area contributed by atoms with E-state index in [0.717, 1.165) is 16.3 Å². The fourth-order valence-corrected chi connectivity index (χ4v) is 4.10. The van der Waals surface area contributed by atoms with E-state index < -0.39 is 10.0 Å². The first kappa shape index (κ1) is 17.5. The zero-order valence-corrected chi connectivity index (χ0v) is 15.1. The van der Waals surface area contributed by atoms with Crippen molar-refractivity contribution in [1.82, 2.24) is 4.72 Å². The van der Waals surface area contributed by atoms with Crippen molar-refractivity contribution >= 4 is 20.8 Å². The summed E-state index contributed by atoms with van der Waals surface area (Å²) in [6.07, 6.45) is 0. The standard InChI is InChI=1S/C20H21NO3S/c1-3-24-17-11-13-18(14-12-17)25(22,23)21-15(2)19-10-6-8-16-7-4-5-9-20(16)19/h4-15,21H,3H2,1-2H3/t15-/m1/s1. The molecule has 0 unspecified atom stereocenters. The molecule has 3 rings (SSSR count). The highest BCUT2D eigenvalue weighted by Gasteiger charge is 2.19. The van der Waals surface area contributed by atoms with Crippen molar-refractivity contribution in [3.8, 4) is 5.75 Å². The maximum Gasteiger partial charge on any atom is 0.241 e. The highest BCUT2D eigenvalue weighted by Crippen LogP contribution is 2.26. The Morgan fingerprint density at radius 3 is 2.36 bits per heavy atom. The first-order valence-electron chi connectivity index (χ1n) is 8.24. The third kappa shape index (κ3) is 3.83. The number of rotatable bonds is 6. The van der Waals surface area contributed by atoms with Gasteiger partial charge in [-0.25, -0.2) is 13.1 Å². The molecule has 130 valence electrons. The smallest absolute Gasteiger partial charge is 0.241 e. The average molecular weight is 355 g/mol. The molecule has 0 amide bonds. The van der Waals surface area contributed by atoms with Crippen LogP contribution in [0.5, 0.6) is 5.75 Å². The van der Waals surface area contributed by atoms with E-state index in [2.05, 4.69) is 4.72 Å². The van der Waals surface area contributed by atoms with Gasteiger partial charge in [-0.2, -0.15) is 0 Å². The normalized spacial score (nSPS) is 12.9. The van der Waals surface area contributed by atoms with Crippen molar-refractivity contribution in [1.29, 1.82) is 0 Å². The zero-order chi connectivity index (χ0) is 17.9. The molecule has 4 nitrogen and oxygen atoms in total. The second kappa shape index (κ2) is 7.25. The van der Waals surface area contributed by atoms with E-state index in [1.165, 1.54) is 0 Å². The molecule has 3 aromatic carbocycles. The van der Waals surface area contributed by atoms with Gasteiger partial charge in [-0.1, -0.05) is 42.5 Å². The monoisotopic (exact) mass is 355 g/mol. The van der Waals surface area contributed by atoms with Gasteiger partial charge in [0.05, 0.1) is 11.5 Å². The Kier molecular flexibility index (Phi) is 5.06. The molecule has 0 aliphatic heterocycles. The van der Waals surface area contributed by atoms with E-state index in [9.17, 15) is 8.42 Å². The molecule has 0 radical (unpaired) electrons. The van der Waals surface area contributed by atoms with Crippen LogP contribution < -0.4 is 9.46 Å². The Hall–Kier alpha value is -2.37. The molecule has 0 spiro atoms. The van der Waals surface area contributed by atoms with Crippen LogP contribution >= 0.6 is 0 Å². The van der Waals surface area contributed by atoms with Gasteiger partial charge in [-0.3, -0.25) is 0 Å². The summed E-state index contributed by atoms with van der Waals surface area (Å²) in [5.74, 6) is 0.656. The van der Waals surface area contributed by atoms with Gasteiger partial charge in [0.15, 0.2) is 0 Å². The Morgan fingerprint density at radius 1 is 0.960 bits per heavy atom. The Morgan fingerprint density at radius 2 is 1.64 bits per heavy atom. The molecule has 3 aromatic rings. The van der Waals surface area contributed by atoms with E-state index in [1.807, 2.05) is 56.3 Å².